The Bertz CT molecular complexity index is 874. The van der Waals surface area contributed by atoms with E-state index in [-0.39, 0.29) is 30.8 Å². The third kappa shape index (κ3) is 4.50. The molecular formula is C22H26N2O4. The first kappa shape index (κ1) is 19.9. The lowest BCUT2D eigenvalue weighted by Gasteiger charge is -2.35. The van der Waals surface area contributed by atoms with Crippen LogP contribution in [0.2, 0.25) is 0 Å². The smallest absolute Gasteiger partial charge is 0.308 e. The molecule has 1 N–H and O–H groups in total. The summed E-state index contributed by atoms with van der Waals surface area (Å²) < 4.78 is 5.30. The standard InChI is InChI=1S/C22H26N2O4/c1-3-15(2)28-21(26)14-19-22(27)23-11-12-24(19)20(25)13-17-9-6-8-16-7-4-5-10-18(16)17/h4-10,15,19H,3,11-14H2,1-2H3,(H,23,27). The minimum absolute atomic E-state index is 0.128. The summed E-state index contributed by atoms with van der Waals surface area (Å²) in [5.74, 6) is -0.925. The van der Waals surface area contributed by atoms with Gasteiger partial charge in [-0.15, -0.1) is 0 Å². The van der Waals surface area contributed by atoms with Gasteiger partial charge in [-0.2, -0.15) is 0 Å². The highest BCUT2D eigenvalue weighted by molar-refractivity contribution is 5.94. The second-order valence-corrected chi connectivity index (χ2v) is 7.12. The van der Waals surface area contributed by atoms with E-state index < -0.39 is 12.0 Å². The van der Waals surface area contributed by atoms with Crippen molar-refractivity contribution >= 4 is 28.6 Å². The van der Waals surface area contributed by atoms with E-state index in [1.807, 2.05) is 56.3 Å². The Balaban J connectivity index is 1.76. The Labute approximate surface area is 164 Å². The number of hydrogen-bond acceptors (Lipinski definition) is 4. The summed E-state index contributed by atoms with van der Waals surface area (Å²) in [6.45, 7) is 4.50. The van der Waals surface area contributed by atoms with Gasteiger partial charge >= 0.3 is 5.97 Å². The van der Waals surface area contributed by atoms with E-state index in [0.29, 0.717) is 19.5 Å². The number of carbonyl (C=O) groups excluding carboxylic acids is 3. The van der Waals surface area contributed by atoms with Crippen LogP contribution < -0.4 is 5.32 Å². The van der Waals surface area contributed by atoms with Crippen molar-refractivity contribution in [3.05, 3.63) is 48.0 Å². The maximum Gasteiger partial charge on any atom is 0.308 e. The van der Waals surface area contributed by atoms with Crippen LogP contribution in [0.1, 0.15) is 32.3 Å². The minimum Gasteiger partial charge on any atom is -0.463 e. The zero-order valence-corrected chi connectivity index (χ0v) is 16.3. The van der Waals surface area contributed by atoms with E-state index in [2.05, 4.69) is 5.32 Å². The average Bonchev–Trinajstić information content (AvgIpc) is 2.69. The Hall–Kier alpha value is -2.89. The molecule has 3 rings (SSSR count). The third-order valence-corrected chi connectivity index (χ3v) is 5.14. The summed E-state index contributed by atoms with van der Waals surface area (Å²) in [5.41, 5.74) is 0.912. The van der Waals surface area contributed by atoms with Gasteiger partial charge in [0.2, 0.25) is 11.8 Å². The van der Waals surface area contributed by atoms with Gasteiger partial charge in [0, 0.05) is 13.1 Å². The SMILES string of the molecule is CCC(C)OC(=O)CC1C(=O)NCCN1C(=O)Cc1cccc2ccccc12. The Morgan fingerprint density at radius 3 is 2.75 bits per heavy atom. The molecule has 2 aromatic rings. The molecule has 2 amide bonds. The van der Waals surface area contributed by atoms with Crippen molar-refractivity contribution in [3.8, 4) is 0 Å². The molecule has 1 aliphatic rings. The van der Waals surface area contributed by atoms with Crippen LogP contribution >= 0.6 is 0 Å². The fourth-order valence-corrected chi connectivity index (χ4v) is 3.44. The van der Waals surface area contributed by atoms with Crippen molar-refractivity contribution in [2.75, 3.05) is 13.1 Å². The number of amides is 2. The van der Waals surface area contributed by atoms with Gasteiger partial charge in [0.1, 0.15) is 6.04 Å². The summed E-state index contributed by atoms with van der Waals surface area (Å²) in [7, 11) is 0. The second kappa shape index (κ2) is 8.87. The molecule has 6 nitrogen and oxygen atoms in total. The number of carbonyl (C=O) groups is 3. The Kier molecular flexibility index (Phi) is 6.29. The van der Waals surface area contributed by atoms with E-state index in [4.69, 9.17) is 4.74 Å². The van der Waals surface area contributed by atoms with Gasteiger partial charge in [-0.25, -0.2) is 0 Å². The topological polar surface area (TPSA) is 75.7 Å². The summed E-state index contributed by atoms with van der Waals surface area (Å²) in [6.07, 6.45) is 0.550. The van der Waals surface area contributed by atoms with E-state index in [1.165, 1.54) is 4.90 Å². The lowest BCUT2D eigenvalue weighted by atomic mass is 10.0. The number of esters is 1. The zero-order chi connectivity index (χ0) is 20.1. The third-order valence-electron chi connectivity index (χ3n) is 5.14. The largest absolute Gasteiger partial charge is 0.463 e. The molecule has 0 aliphatic carbocycles. The van der Waals surface area contributed by atoms with E-state index in [0.717, 1.165) is 16.3 Å². The summed E-state index contributed by atoms with van der Waals surface area (Å²) in [4.78, 5) is 39.1. The lowest BCUT2D eigenvalue weighted by molar-refractivity contribution is -0.154. The second-order valence-electron chi connectivity index (χ2n) is 7.12. The van der Waals surface area contributed by atoms with Gasteiger partial charge in [-0.3, -0.25) is 14.4 Å². The summed E-state index contributed by atoms with van der Waals surface area (Å²) >= 11 is 0. The molecular weight excluding hydrogens is 356 g/mol. The van der Waals surface area contributed by atoms with Crippen LogP contribution in [0.5, 0.6) is 0 Å². The highest BCUT2D eigenvalue weighted by Gasteiger charge is 2.35. The first-order chi connectivity index (χ1) is 13.5. The van der Waals surface area contributed by atoms with E-state index >= 15 is 0 Å². The van der Waals surface area contributed by atoms with Gasteiger partial charge in [-0.05, 0) is 29.7 Å². The van der Waals surface area contributed by atoms with Crippen LogP contribution in [-0.2, 0) is 25.5 Å². The molecule has 28 heavy (non-hydrogen) atoms. The van der Waals surface area contributed by atoms with Crippen LogP contribution in [0.25, 0.3) is 10.8 Å². The number of nitrogens with zero attached hydrogens (tertiary/aromatic N) is 1. The number of nitrogens with one attached hydrogen (secondary N) is 1. The summed E-state index contributed by atoms with van der Waals surface area (Å²) in [5, 5.41) is 4.83. The molecule has 2 aromatic carbocycles. The van der Waals surface area contributed by atoms with Crippen molar-refractivity contribution in [1.82, 2.24) is 10.2 Å². The molecule has 148 valence electrons. The molecule has 1 aliphatic heterocycles. The Morgan fingerprint density at radius 2 is 1.96 bits per heavy atom. The van der Waals surface area contributed by atoms with Crippen LogP contribution in [-0.4, -0.2) is 47.9 Å². The number of fused-ring (bicyclic) bond motifs is 1. The van der Waals surface area contributed by atoms with Crippen molar-refractivity contribution < 1.29 is 19.1 Å². The average molecular weight is 382 g/mol. The van der Waals surface area contributed by atoms with Gasteiger partial charge in [0.25, 0.3) is 0 Å². The first-order valence-electron chi connectivity index (χ1n) is 9.73. The fourth-order valence-electron chi connectivity index (χ4n) is 3.44. The van der Waals surface area contributed by atoms with Crippen LogP contribution in [0, 0.1) is 0 Å². The molecule has 0 bridgehead atoms. The number of ether oxygens (including phenoxy) is 1. The molecule has 6 heteroatoms. The molecule has 0 radical (unpaired) electrons. The van der Waals surface area contributed by atoms with Gasteiger partial charge in [0.15, 0.2) is 0 Å². The maximum absolute atomic E-state index is 13.0. The number of piperazine rings is 1. The summed E-state index contributed by atoms with van der Waals surface area (Å²) in [6, 6.07) is 12.9. The molecule has 0 spiro atoms. The van der Waals surface area contributed by atoms with Crippen LogP contribution in [0.4, 0.5) is 0 Å². The predicted octanol–water partition coefficient (Wildman–Crippen LogP) is 2.44. The quantitative estimate of drug-likeness (QED) is 0.779. The monoisotopic (exact) mass is 382 g/mol. The number of rotatable bonds is 6. The molecule has 1 saturated heterocycles. The van der Waals surface area contributed by atoms with Crippen molar-refractivity contribution in [2.24, 2.45) is 0 Å². The van der Waals surface area contributed by atoms with Crippen LogP contribution in [0.3, 0.4) is 0 Å². The van der Waals surface area contributed by atoms with Crippen molar-refractivity contribution in [3.63, 3.8) is 0 Å². The highest BCUT2D eigenvalue weighted by Crippen LogP contribution is 2.21. The predicted molar refractivity (Wildman–Crippen MR) is 107 cm³/mol. The molecule has 1 fully saturated rings. The molecule has 1 heterocycles. The molecule has 2 unspecified atom stereocenters. The van der Waals surface area contributed by atoms with Gasteiger partial charge in [0.05, 0.1) is 18.9 Å². The molecule has 0 saturated carbocycles. The maximum atomic E-state index is 13.0. The van der Waals surface area contributed by atoms with E-state index in [9.17, 15) is 14.4 Å². The zero-order valence-electron chi connectivity index (χ0n) is 16.3. The fraction of sp³-hybridized carbons (Fsp3) is 0.409. The van der Waals surface area contributed by atoms with Crippen LogP contribution in [0.15, 0.2) is 42.5 Å². The number of hydrogen-bond donors (Lipinski definition) is 1. The normalized spacial score (nSPS) is 17.9. The van der Waals surface area contributed by atoms with E-state index in [1.54, 1.807) is 0 Å². The molecule has 2 atom stereocenters. The lowest BCUT2D eigenvalue weighted by Crippen LogP contribution is -2.58. The van der Waals surface area contributed by atoms with Crippen molar-refractivity contribution in [1.29, 1.82) is 0 Å². The van der Waals surface area contributed by atoms with Gasteiger partial charge in [-0.1, -0.05) is 49.4 Å². The highest BCUT2D eigenvalue weighted by atomic mass is 16.5. The molecule has 0 aromatic heterocycles. The number of benzene rings is 2. The first-order valence-corrected chi connectivity index (χ1v) is 9.73. The Morgan fingerprint density at radius 1 is 1.21 bits per heavy atom. The van der Waals surface area contributed by atoms with Crippen molar-refractivity contribution in [2.45, 2.75) is 45.3 Å². The van der Waals surface area contributed by atoms with Gasteiger partial charge < -0.3 is 15.0 Å². The minimum atomic E-state index is -0.826.